The summed E-state index contributed by atoms with van der Waals surface area (Å²) in [5, 5.41) is 0.619. The van der Waals surface area contributed by atoms with E-state index >= 15 is 0 Å². The van der Waals surface area contributed by atoms with Crippen molar-refractivity contribution < 1.29 is 8.78 Å². The molecule has 0 aliphatic heterocycles. The van der Waals surface area contributed by atoms with E-state index in [9.17, 15) is 8.78 Å². The molecule has 0 unspecified atom stereocenters. The van der Waals surface area contributed by atoms with E-state index in [1.54, 1.807) is 6.92 Å². The van der Waals surface area contributed by atoms with Crippen molar-refractivity contribution in [3.05, 3.63) is 64.7 Å². The minimum atomic E-state index is -0.709. The zero-order valence-corrected chi connectivity index (χ0v) is 11.4. The fourth-order valence-electron chi connectivity index (χ4n) is 2.23. The molecule has 0 amide bonds. The Kier molecular flexibility index (Phi) is 3.14. The van der Waals surface area contributed by atoms with Gasteiger partial charge in [-0.3, -0.25) is 0 Å². The maximum absolute atomic E-state index is 13.9. The van der Waals surface area contributed by atoms with Gasteiger partial charge >= 0.3 is 0 Å². The Morgan fingerprint density at radius 3 is 2.45 bits per heavy atom. The number of rotatable bonds is 1. The van der Waals surface area contributed by atoms with Crippen molar-refractivity contribution in [3.63, 3.8) is 0 Å². The second-order valence-electron chi connectivity index (χ2n) is 4.55. The average molecular weight is 290 g/mol. The first-order valence-electron chi connectivity index (χ1n) is 6.08. The highest BCUT2D eigenvalue weighted by Gasteiger charge is 2.15. The lowest BCUT2D eigenvalue weighted by Crippen LogP contribution is -1.95. The predicted molar refractivity (Wildman–Crippen MR) is 76.8 cm³/mol. The first-order valence-corrected chi connectivity index (χ1v) is 6.46. The molecule has 1 aromatic heterocycles. The van der Waals surface area contributed by atoms with Crippen molar-refractivity contribution in [2.75, 3.05) is 0 Å². The van der Waals surface area contributed by atoms with Crippen LogP contribution in [0.15, 0.2) is 42.5 Å². The molecule has 2 aromatic carbocycles. The Morgan fingerprint density at radius 2 is 1.75 bits per heavy atom. The highest BCUT2D eigenvalue weighted by Crippen LogP contribution is 2.34. The Hall–Kier alpha value is -2.00. The molecule has 3 rings (SSSR count). The van der Waals surface area contributed by atoms with Crippen LogP contribution < -0.4 is 0 Å². The summed E-state index contributed by atoms with van der Waals surface area (Å²) < 4.78 is 27.2. The quantitative estimate of drug-likeness (QED) is 0.604. The molecule has 4 heteroatoms. The summed E-state index contributed by atoms with van der Waals surface area (Å²) in [5.74, 6) is -1.37. The summed E-state index contributed by atoms with van der Waals surface area (Å²) in [4.78, 5) is 4.32. The van der Waals surface area contributed by atoms with Crippen LogP contribution in [-0.2, 0) is 0 Å². The summed E-state index contributed by atoms with van der Waals surface area (Å²) in [6, 6.07) is 11.4. The van der Waals surface area contributed by atoms with E-state index in [-0.39, 0.29) is 5.52 Å². The van der Waals surface area contributed by atoms with Crippen molar-refractivity contribution in [1.82, 2.24) is 4.98 Å². The molecular formula is C16H10ClF2N. The van der Waals surface area contributed by atoms with Crippen molar-refractivity contribution in [2.24, 2.45) is 0 Å². The monoisotopic (exact) mass is 289 g/mol. The summed E-state index contributed by atoms with van der Waals surface area (Å²) in [5.41, 5.74) is 2.24. The lowest BCUT2D eigenvalue weighted by Gasteiger charge is -2.11. The number of fused-ring (bicyclic) bond motifs is 1. The first-order chi connectivity index (χ1) is 9.58. The maximum atomic E-state index is 13.9. The molecule has 20 heavy (non-hydrogen) atoms. The molecule has 100 valence electrons. The van der Waals surface area contributed by atoms with Gasteiger partial charge in [0.15, 0.2) is 5.82 Å². The lowest BCUT2D eigenvalue weighted by atomic mass is 10.0. The Labute approximate surface area is 119 Å². The normalized spacial score (nSPS) is 11.0. The molecule has 1 nitrogen and oxygen atoms in total. The molecule has 0 radical (unpaired) electrons. The molecule has 3 aromatic rings. The third-order valence-corrected chi connectivity index (χ3v) is 3.71. The van der Waals surface area contributed by atoms with Gasteiger partial charge in [-0.15, -0.1) is 0 Å². The molecule has 0 bridgehead atoms. The van der Waals surface area contributed by atoms with Crippen molar-refractivity contribution >= 4 is 22.5 Å². The van der Waals surface area contributed by atoms with Gasteiger partial charge in [0.25, 0.3) is 0 Å². The van der Waals surface area contributed by atoms with Gasteiger partial charge in [-0.2, -0.15) is 0 Å². The molecule has 0 saturated heterocycles. The number of hydrogen-bond donors (Lipinski definition) is 0. The molecule has 0 aliphatic carbocycles. The van der Waals surface area contributed by atoms with E-state index in [0.29, 0.717) is 21.7 Å². The Balaban J connectivity index is 2.39. The Bertz CT molecular complexity index is 801. The molecule has 0 fully saturated rings. The van der Waals surface area contributed by atoms with E-state index < -0.39 is 11.6 Å². The van der Waals surface area contributed by atoms with E-state index in [4.69, 9.17) is 11.6 Å². The van der Waals surface area contributed by atoms with Crippen LogP contribution in [0.4, 0.5) is 8.78 Å². The van der Waals surface area contributed by atoms with Crippen LogP contribution in [0.1, 0.15) is 5.56 Å². The van der Waals surface area contributed by atoms with Crippen LogP contribution in [0.2, 0.25) is 5.02 Å². The van der Waals surface area contributed by atoms with Gasteiger partial charge in [0, 0.05) is 17.0 Å². The predicted octanol–water partition coefficient (Wildman–Crippen LogP) is 5.14. The minimum Gasteiger partial charge on any atom is -0.244 e. The molecule has 0 saturated carbocycles. The standard InChI is InChI=1S/C16H10ClF2N/c1-9-14(17)12-7-11(18)8-13(19)16(12)20-15(9)10-5-3-2-4-6-10/h2-8H,1H3. The van der Waals surface area contributed by atoms with Crippen molar-refractivity contribution in [3.8, 4) is 11.3 Å². The van der Waals surface area contributed by atoms with Gasteiger partial charge < -0.3 is 0 Å². The van der Waals surface area contributed by atoms with Crippen LogP contribution >= 0.6 is 11.6 Å². The van der Waals surface area contributed by atoms with E-state index in [2.05, 4.69) is 4.98 Å². The maximum Gasteiger partial charge on any atom is 0.152 e. The van der Waals surface area contributed by atoms with Gasteiger partial charge in [-0.25, -0.2) is 13.8 Å². The fraction of sp³-hybridized carbons (Fsp3) is 0.0625. The largest absolute Gasteiger partial charge is 0.244 e. The van der Waals surface area contributed by atoms with Crippen LogP contribution in [0.5, 0.6) is 0 Å². The highest BCUT2D eigenvalue weighted by molar-refractivity contribution is 6.36. The van der Waals surface area contributed by atoms with Gasteiger partial charge in [-0.05, 0) is 18.6 Å². The third-order valence-electron chi connectivity index (χ3n) is 3.22. The van der Waals surface area contributed by atoms with Crippen LogP contribution in [0.25, 0.3) is 22.2 Å². The summed E-state index contributed by atoms with van der Waals surface area (Å²) in [6.45, 7) is 1.79. The summed E-state index contributed by atoms with van der Waals surface area (Å²) >= 11 is 6.25. The van der Waals surface area contributed by atoms with Crippen LogP contribution in [-0.4, -0.2) is 4.98 Å². The Morgan fingerprint density at radius 1 is 1.05 bits per heavy atom. The number of nitrogens with zero attached hydrogens (tertiary/aromatic N) is 1. The zero-order valence-electron chi connectivity index (χ0n) is 10.6. The third kappa shape index (κ3) is 2.04. The van der Waals surface area contributed by atoms with Gasteiger partial charge in [0.1, 0.15) is 11.3 Å². The second-order valence-corrected chi connectivity index (χ2v) is 4.93. The fourth-order valence-corrected chi connectivity index (χ4v) is 2.46. The van der Waals surface area contributed by atoms with E-state index in [0.717, 1.165) is 11.6 Å². The van der Waals surface area contributed by atoms with Gasteiger partial charge in [0.05, 0.1) is 10.7 Å². The topological polar surface area (TPSA) is 12.9 Å². The van der Waals surface area contributed by atoms with E-state index in [1.165, 1.54) is 6.07 Å². The molecule has 0 atom stereocenters. The number of pyridine rings is 1. The average Bonchev–Trinajstić information content (AvgIpc) is 2.44. The van der Waals surface area contributed by atoms with E-state index in [1.807, 2.05) is 30.3 Å². The summed E-state index contributed by atoms with van der Waals surface area (Å²) in [7, 11) is 0. The number of aromatic nitrogens is 1. The van der Waals surface area contributed by atoms with Crippen LogP contribution in [0, 0.1) is 18.6 Å². The molecular weight excluding hydrogens is 280 g/mol. The second kappa shape index (κ2) is 4.84. The smallest absolute Gasteiger partial charge is 0.152 e. The number of halogens is 3. The number of benzene rings is 2. The van der Waals surface area contributed by atoms with Crippen molar-refractivity contribution in [2.45, 2.75) is 6.92 Å². The lowest BCUT2D eigenvalue weighted by molar-refractivity contribution is 0.590. The number of hydrogen-bond acceptors (Lipinski definition) is 1. The molecule has 0 N–H and O–H groups in total. The summed E-state index contributed by atoms with van der Waals surface area (Å²) in [6.07, 6.45) is 0. The van der Waals surface area contributed by atoms with Crippen LogP contribution in [0.3, 0.4) is 0 Å². The van der Waals surface area contributed by atoms with Gasteiger partial charge in [-0.1, -0.05) is 41.9 Å². The molecule has 0 spiro atoms. The molecule has 1 heterocycles. The van der Waals surface area contributed by atoms with Crippen molar-refractivity contribution in [1.29, 1.82) is 0 Å². The zero-order chi connectivity index (χ0) is 14.3. The first kappa shape index (κ1) is 13.0. The molecule has 0 aliphatic rings. The minimum absolute atomic E-state index is 0.0841. The SMILES string of the molecule is Cc1c(-c2ccccc2)nc2c(F)cc(F)cc2c1Cl. The highest BCUT2D eigenvalue weighted by atomic mass is 35.5. The van der Waals surface area contributed by atoms with Gasteiger partial charge in [0.2, 0.25) is 0 Å².